The van der Waals surface area contributed by atoms with E-state index in [1.807, 2.05) is 19.2 Å². The monoisotopic (exact) mass is 310 g/mol. The summed E-state index contributed by atoms with van der Waals surface area (Å²) in [6.45, 7) is 2.32. The normalized spacial score (nSPS) is 41.9. The maximum Gasteiger partial charge on any atom is 0.328 e. The van der Waals surface area contributed by atoms with Crippen LogP contribution < -0.4 is 5.32 Å². The lowest BCUT2D eigenvalue weighted by Gasteiger charge is -2.45. The quantitative estimate of drug-likeness (QED) is 0.674. The zero-order valence-corrected chi connectivity index (χ0v) is 13.3. The molecule has 7 atom stereocenters. The third-order valence-electron chi connectivity index (χ3n) is 6.61. The number of fused-ring (bicyclic) bond motifs is 10. The Hall–Kier alpha value is -1.84. The Kier molecular flexibility index (Phi) is 2.85. The van der Waals surface area contributed by atoms with Gasteiger partial charge in [-0.25, -0.2) is 4.79 Å². The van der Waals surface area contributed by atoms with Gasteiger partial charge < -0.3 is 10.1 Å². The molecule has 2 bridgehead atoms. The van der Waals surface area contributed by atoms with Crippen LogP contribution in [0, 0.1) is 29.6 Å². The number of hydrogen-bond donors (Lipinski definition) is 1. The van der Waals surface area contributed by atoms with Crippen molar-refractivity contribution in [2.45, 2.75) is 31.7 Å². The van der Waals surface area contributed by atoms with E-state index < -0.39 is 0 Å². The van der Waals surface area contributed by atoms with E-state index in [1.54, 1.807) is 0 Å². The first kappa shape index (κ1) is 13.6. The number of aromatic nitrogens is 1. The molecule has 0 saturated heterocycles. The highest BCUT2D eigenvalue weighted by Crippen LogP contribution is 2.66. The summed E-state index contributed by atoms with van der Waals surface area (Å²) in [6, 6.07) is 3.78. The van der Waals surface area contributed by atoms with Crippen LogP contribution in [0.25, 0.3) is 0 Å². The molecule has 1 aromatic heterocycles. The van der Waals surface area contributed by atoms with Crippen molar-refractivity contribution in [1.29, 1.82) is 0 Å². The summed E-state index contributed by atoms with van der Waals surface area (Å²) in [4.78, 5) is 17.3. The Morgan fingerprint density at radius 2 is 2.30 bits per heavy atom. The van der Waals surface area contributed by atoms with E-state index in [2.05, 4.69) is 23.5 Å². The Balaban J connectivity index is 1.59. The van der Waals surface area contributed by atoms with Crippen LogP contribution in [0.3, 0.4) is 0 Å². The first-order valence-corrected chi connectivity index (χ1v) is 8.84. The summed E-state index contributed by atoms with van der Waals surface area (Å²) in [6.07, 6.45) is 9.08. The molecule has 4 heteroatoms. The van der Waals surface area contributed by atoms with E-state index in [9.17, 15) is 4.79 Å². The van der Waals surface area contributed by atoms with Gasteiger partial charge in [-0.05, 0) is 55.6 Å². The van der Waals surface area contributed by atoms with Crippen LogP contribution in [0.1, 0.15) is 31.4 Å². The molecule has 1 aromatic rings. The standard InChI is InChI=1S/C19H22N2O2/c1-2-23-19(22)18-16-13-9-12(10-5-3-6-11(10)13)15(16)17-14(21-18)7-4-8-20-17/h3-5,7-8,10-13,15-16,18,21H,2,6,9H2,1H3/t10?,11?,12-,13+,15-,16+,18+/m1/s1. The fourth-order valence-corrected chi connectivity index (χ4v) is 6.00. The van der Waals surface area contributed by atoms with E-state index >= 15 is 0 Å². The molecule has 120 valence electrons. The SMILES string of the molecule is CCOC(=O)[C@H]1Nc2cccnc2[C@H]2[C@@H]1[C@H]1C[C@@H]2C2C=CCC21. The Morgan fingerprint density at radius 3 is 3.17 bits per heavy atom. The predicted octanol–water partition coefficient (Wildman–Crippen LogP) is 2.98. The van der Waals surface area contributed by atoms with Gasteiger partial charge in [-0.2, -0.15) is 0 Å². The summed E-state index contributed by atoms with van der Waals surface area (Å²) < 4.78 is 5.39. The number of carbonyl (C=O) groups excluding carboxylic acids is 1. The smallest absolute Gasteiger partial charge is 0.328 e. The van der Waals surface area contributed by atoms with E-state index in [4.69, 9.17) is 9.72 Å². The number of anilines is 1. The van der Waals surface area contributed by atoms with E-state index in [-0.39, 0.29) is 12.0 Å². The second-order valence-electron chi connectivity index (χ2n) is 7.38. The van der Waals surface area contributed by atoms with E-state index in [1.165, 1.54) is 18.5 Å². The largest absolute Gasteiger partial charge is 0.464 e. The molecule has 4 nitrogen and oxygen atoms in total. The molecule has 0 aromatic carbocycles. The molecule has 0 amide bonds. The predicted molar refractivity (Wildman–Crippen MR) is 86.8 cm³/mol. The zero-order chi connectivity index (χ0) is 15.6. The molecular weight excluding hydrogens is 288 g/mol. The second kappa shape index (κ2) is 4.83. The third kappa shape index (κ3) is 1.72. The van der Waals surface area contributed by atoms with Crippen molar-refractivity contribution < 1.29 is 9.53 Å². The van der Waals surface area contributed by atoms with Crippen molar-refractivity contribution in [1.82, 2.24) is 4.98 Å². The van der Waals surface area contributed by atoms with Gasteiger partial charge in [-0.3, -0.25) is 4.98 Å². The summed E-state index contributed by atoms with van der Waals surface area (Å²) in [5, 5.41) is 3.46. The van der Waals surface area contributed by atoms with Gasteiger partial charge in [0, 0.05) is 18.0 Å². The molecular formula is C19H22N2O2. The molecule has 2 heterocycles. The highest BCUT2D eigenvalue weighted by molar-refractivity contribution is 5.81. The molecule has 1 N–H and O–H groups in total. The highest BCUT2D eigenvalue weighted by atomic mass is 16.5. The lowest BCUT2D eigenvalue weighted by atomic mass is 9.64. The number of pyridine rings is 1. The van der Waals surface area contributed by atoms with Crippen molar-refractivity contribution in [3.05, 3.63) is 36.2 Å². The van der Waals surface area contributed by atoms with Crippen LogP contribution in [-0.2, 0) is 9.53 Å². The molecule has 3 aliphatic carbocycles. The molecule has 23 heavy (non-hydrogen) atoms. The number of esters is 1. The molecule has 2 unspecified atom stereocenters. The van der Waals surface area contributed by atoms with E-state index in [0.29, 0.717) is 36.2 Å². The zero-order valence-electron chi connectivity index (χ0n) is 13.3. The van der Waals surface area contributed by atoms with E-state index in [0.717, 1.165) is 11.6 Å². The summed E-state index contributed by atoms with van der Waals surface area (Å²) in [5.74, 6) is 3.32. The number of nitrogens with one attached hydrogen (secondary N) is 1. The molecule has 4 aliphatic rings. The lowest BCUT2D eigenvalue weighted by molar-refractivity contribution is -0.146. The molecule has 5 rings (SSSR count). The Morgan fingerprint density at radius 1 is 1.39 bits per heavy atom. The first-order valence-electron chi connectivity index (χ1n) is 8.84. The lowest BCUT2D eigenvalue weighted by Crippen LogP contribution is -2.49. The van der Waals surface area contributed by atoms with Gasteiger partial charge in [-0.1, -0.05) is 12.2 Å². The van der Waals surface area contributed by atoms with Gasteiger partial charge >= 0.3 is 5.97 Å². The minimum Gasteiger partial charge on any atom is -0.464 e. The molecule has 1 aliphatic heterocycles. The maximum atomic E-state index is 12.6. The summed E-state index contributed by atoms with van der Waals surface area (Å²) in [5.41, 5.74) is 2.20. The van der Waals surface area contributed by atoms with Gasteiger partial charge in [0.15, 0.2) is 0 Å². The average molecular weight is 310 g/mol. The van der Waals surface area contributed by atoms with Crippen LogP contribution in [0.5, 0.6) is 0 Å². The van der Waals surface area contributed by atoms with Crippen molar-refractivity contribution in [2.75, 3.05) is 11.9 Å². The van der Waals surface area contributed by atoms with Gasteiger partial charge in [-0.15, -0.1) is 0 Å². The van der Waals surface area contributed by atoms with Gasteiger partial charge in [0.05, 0.1) is 18.0 Å². The van der Waals surface area contributed by atoms with Gasteiger partial charge in [0.25, 0.3) is 0 Å². The maximum absolute atomic E-state index is 12.6. The number of carbonyl (C=O) groups is 1. The molecule has 2 saturated carbocycles. The molecule has 2 fully saturated rings. The van der Waals surface area contributed by atoms with Crippen molar-refractivity contribution >= 4 is 11.7 Å². The topological polar surface area (TPSA) is 51.2 Å². The van der Waals surface area contributed by atoms with Crippen LogP contribution in [-0.4, -0.2) is 23.6 Å². The molecule has 0 radical (unpaired) electrons. The Bertz CT molecular complexity index is 686. The first-order chi connectivity index (χ1) is 11.3. The van der Waals surface area contributed by atoms with Crippen LogP contribution in [0.15, 0.2) is 30.5 Å². The number of allylic oxidation sites excluding steroid dienone is 2. The van der Waals surface area contributed by atoms with Crippen LogP contribution in [0.2, 0.25) is 0 Å². The summed E-state index contributed by atoms with van der Waals surface area (Å²) >= 11 is 0. The molecule has 0 spiro atoms. The number of nitrogens with zero attached hydrogens (tertiary/aromatic N) is 1. The summed E-state index contributed by atoms with van der Waals surface area (Å²) in [7, 11) is 0. The Labute approximate surface area is 136 Å². The van der Waals surface area contributed by atoms with Crippen molar-refractivity contribution in [2.24, 2.45) is 29.6 Å². The third-order valence-corrected chi connectivity index (χ3v) is 6.61. The average Bonchev–Trinajstić information content (AvgIpc) is 3.25. The number of ether oxygens (including phenoxy) is 1. The minimum absolute atomic E-state index is 0.0907. The van der Waals surface area contributed by atoms with Crippen molar-refractivity contribution in [3.8, 4) is 0 Å². The van der Waals surface area contributed by atoms with Crippen LogP contribution >= 0.6 is 0 Å². The number of rotatable bonds is 2. The van der Waals surface area contributed by atoms with Crippen LogP contribution in [0.4, 0.5) is 5.69 Å². The van der Waals surface area contributed by atoms with Gasteiger partial charge in [0.1, 0.15) is 6.04 Å². The number of hydrogen-bond acceptors (Lipinski definition) is 4. The highest BCUT2D eigenvalue weighted by Gasteiger charge is 2.63. The van der Waals surface area contributed by atoms with Crippen molar-refractivity contribution in [3.63, 3.8) is 0 Å². The van der Waals surface area contributed by atoms with Gasteiger partial charge in [0.2, 0.25) is 0 Å². The second-order valence-corrected chi connectivity index (χ2v) is 7.38. The minimum atomic E-state index is -0.215. The fraction of sp³-hybridized carbons (Fsp3) is 0.579. The fourth-order valence-electron chi connectivity index (χ4n) is 6.00.